The van der Waals surface area contributed by atoms with Crippen molar-refractivity contribution in [3.05, 3.63) is 351 Å². The van der Waals surface area contributed by atoms with E-state index in [0.29, 0.717) is 17.0 Å². The largest absolute Gasteiger partial charge is 0.311 e. The van der Waals surface area contributed by atoms with E-state index in [0.717, 1.165) is 140 Å². The van der Waals surface area contributed by atoms with Crippen molar-refractivity contribution in [1.29, 1.82) is 5.26 Å². The van der Waals surface area contributed by atoms with Crippen molar-refractivity contribution in [1.82, 2.24) is 14.5 Å². The van der Waals surface area contributed by atoms with Crippen LogP contribution >= 0.6 is 0 Å². The van der Waals surface area contributed by atoms with E-state index in [4.69, 9.17) is 9.97 Å². The second-order valence-electron chi connectivity index (χ2n) is 24.8. The Morgan fingerprint density at radius 1 is 0.281 bits per heavy atom. The van der Waals surface area contributed by atoms with Crippen LogP contribution in [-0.2, 0) is 0 Å². The van der Waals surface area contributed by atoms with Gasteiger partial charge >= 0.3 is 0 Å². The summed E-state index contributed by atoms with van der Waals surface area (Å²) in [5, 5.41) is 13.1. The fourth-order valence-corrected chi connectivity index (χ4v) is 14.8. The number of aromatic nitrogens is 3. The molecule has 0 bridgehead atoms. The van der Waals surface area contributed by atoms with Crippen LogP contribution in [0.15, 0.2) is 346 Å². The average molecular weight is 1220 g/mol. The molecule has 96 heavy (non-hydrogen) atoms. The van der Waals surface area contributed by atoms with Gasteiger partial charge in [0.25, 0.3) is 6.71 Å². The lowest BCUT2D eigenvalue weighted by atomic mass is 9.33. The summed E-state index contributed by atoms with van der Waals surface area (Å²) in [4.78, 5) is 15.5. The summed E-state index contributed by atoms with van der Waals surface area (Å²) in [6.45, 7) is -0.102. The van der Waals surface area contributed by atoms with Crippen LogP contribution in [0.3, 0.4) is 0 Å². The van der Waals surface area contributed by atoms with Gasteiger partial charge in [-0.1, -0.05) is 243 Å². The molecule has 6 nitrogen and oxygen atoms in total. The second-order valence-corrected chi connectivity index (χ2v) is 24.8. The summed E-state index contributed by atoms with van der Waals surface area (Å²) in [7, 11) is 0. The highest BCUT2D eigenvalue weighted by molar-refractivity contribution is 7.00. The van der Waals surface area contributed by atoms with E-state index in [-0.39, 0.29) is 6.71 Å². The summed E-state index contributed by atoms with van der Waals surface area (Å²) >= 11 is 0. The Kier molecular flexibility index (Phi) is 13.6. The number of hydrogen-bond donors (Lipinski definition) is 0. The highest BCUT2D eigenvalue weighted by Gasteiger charge is 2.44. The summed E-state index contributed by atoms with van der Waals surface area (Å²) in [6, 6.07) is 127. The fraction of sp³-hybridized carbons (Fsp3) is 0. The first-order valence-corrected chi connectivity index (χ1v) is 32.6. The molecule has 4 heterocycles. The van der Waals surface area contributed by atoms with Crippen LogP contribution in [0.25, 0.3) is 117 Å². The van der Waals surface area contributed by atoms with Gasteiger partial charge in [0.1, 0.15) is 0 Å². The Morgan fingerprint density at radius 2 is 0.688 bits per heavy atom. The van der Waals surface area contributed by atoms with E-state index in [2.05, 4.69) is 318 Å². The predicted molar refractivity (Wildman–Crippen MR) is 399 cm³/mol. The number of nitrogens with zero attached hydrogens (tertiary/aromatic N) is 6. The van der Waals surface area contributed by atoms with Crippen molar-refractivity contribution in [2.75, 3.05) is 9.80 Å². The predicted octanol–water partition coefficient (Wildman–Crippen LogP) is 20.9. The SMILES string of the molecule is N#Cc1ccc(-n2c3ccccc3c3cc(-c4cc5c6c(c4)N(c4cc(-c7ccccc7)cc(-c7ccccc7)c4)c4ccccc4B6c4ccccc4N5c4cc(-c5ccccc5)cc(-c5ccccc5)c4)ccc32)cc1-c1nc(-c2ccccc2)cc(-c2ccccc2)n1. The van der Waals surface area contributed by atoms with Gasteiger partial charge in [-0.05, 0) is 175 Å². The van der Waals surface area contributed by atoms with Gasteiger partial charge in [-0.3, -0.25) is 0 Å². The maximum atomic E-state index is 10.9. The summed E-state index contributed by atoms with van der Waals surface area (Å²) < 4.78 is 2.32. The van der Waals surface area contributed by atoms with Gasteiger partial charge in [0.15, 0.2) is 5.82 Å². The Morgan fingerprint density at radius 3 is 1.16 bits per heavy atom. The molecule has 0 radical (unpaired) electrons. The van der Waals surface area contributed by atoms with Gasteiger partial charge < -0.3 is 14.4 Å². The molecule has 7 heteroatoms. The summed E-state index contributed by atoms with van der Waals surface area (Å²) in [6.07, 6.45) is 0. The summed E-state index contributed by atoms with van der Waals surface area (Å²) in [5.74, 6) is 0.481. The second kappa shape index (κ2) is 23.3. The first-order chi connectivity index (χ1) is 47.5. The normalized spacial score (nSPS) is 12.1. The molecule has 0 amide bonds. The molecule has 0 unspecified atom stereocenters. The third kappa shape index (κ3) is 9.66. The third-order valence-corrected chi connectivity index (χ3v) is 19.2. The smallest absolute Gasteiger partial charge is 0.252 e. The van der Waals surface area contributed by atoms with Gasteiger partial charge in [-0.15, -0.1) is 0 Å². The first-order valence-electron chi connectivity index (χ1n) is 32.6. The molecule has 446 valence electrons. The molecule has 0 N–H and O–H groups in total. The molecule has 0 aliphatic carbocycles. The minimum absolute atomic E-state index is 0.102. The zero-order chi connectivity index (χ0) is 63.6. The third-order valence-electron chi connectivity index (χ3n) is 19.2. The Balaban J connectivity index is 0.880. The Labute approximate surface area is 557 Å². The van der Waals surface area contributed by atoms with Crippen LogP contribution < -0.4 is 26.2 Å². The van der Waals surface area contributed by atoms with Gasteiger partial charge in [-0.2, -0.15) is 5.26 Å². The van der Waals surface area contributed by atoms with Gasteiger partial charge in [0, 0.05) is 67.3 Å². The minimum Gasteiger partial charge on any atom is -0.311 e. The highest BCUT2D eigenvalue weighted by Crippen LogP contribution is 2.49. The zero-order valence-electron chi connectivity index (χ0n) is 52.2. The van der Waals surface area contributed by atoms with Crippen LogP contribution in [0.5, 0.6) is 0 Å². The molecule has 0 saturated heterocycles. The summed E-state index contributed by atoms with van der Waals surface area (Å²) in [5.41, 5.74) is 29.2. The van der Waals surface area contributed by atoms with Crippen LogP contribution in [-0.4, -0.2) is 21.2 Å². The van der Waals surface area contributed by atoms with Crippen molar-refractivity contribution in [2.24, 2.45) is 0 Å². The molecule has 14 aromatic carbocycles. The maximum Gasteiger partial charge on any atom is 0.252 e. The Bertz CT molecular complexity index is 5360. The quantitative estimate of drug-likeness (QED) is 0.121. The van der Waals surface area contributed by atoms with E-state index < -0.39 is 0 Å². The minimum atomic E-state index is -0.102. The average Bonchev–Trinajstić information content (AvgIpc) is 0.816. The first kappa shape index (κ1) is 55.9. The van der Waals surface area contributed by atoms with E-state index in [1.807, 2.05) is 48.5 Å². The molecule has 2 aliphatic rings. The van der Waals surface area contributed by atoms with Crippen molar-refractivity contribution in [2.45, 2.75) is 0 Å². The van der Waals surface area contributed by atoms with E-state index >= 15 is 0 Å². The number of para-hydroxylation sites is 3. The molecular weight excluding hydrogens is 1160 g/mol. The van der Waals surface area contributed by atoms with Crippen molar-refractivity contribution >= 4 is 79.0 Å². The monoisotopic (exact) mass is 1220 g/mol. The van der Waals surface area contributed by atoms with E-state index in [1.54, 1.807) is 0 Å². The highest BCUT2D eigenvalue weighted by atomic mass is 15.2. The number of hydrogen-bond acceptors (Lipinski definition) is 5. The number of fused-ring (bicyclic) bond motifs is 7. The fourth-order valence-electron chi connectivity index (χ4n) is 14.8. The van der Waals surface area contributed by atoms with Crippen LogP contribution in [0.2, 0.25) is 0 Å². The molecule has 0 spiro atoms. The van der Waals surface area contributed by atoms with Crippen LogP contribution in [0.4, 0.5) is 34.1 Å². The van der Waals surface area contributed by atoms with Crippen LogP contribution in [0.1, 0.15) is 5.56 Å². The van der Waals surface area contributed by atoms with E-state index in [1.165, 1.54) is 16.4 Å². The molecule has 0 atom stereocenters. The Hall–Kier alpha value is -12.9. The van der Waals surface area contributed by atoms with Gasteiger partial charge in [0.2, 0.25) is 0 Å². The number of anilines is 6. The van der Waals surface area contributed by atoms with Crippen LogP contribution in [0, 0.1) is 11.3 Å². The molecule has 2 aliphatic heterocycles. The van der Waals surface area contributed by atoms with Crippen molar-refractivity contribution in [3.8, 4) is 101 Å². The lowest BCUT2D eigenvalue weighted by Crippen LogP contribution is -2.61. The molecule has 0 saturated carbocycles. The standard InChI is InChI=1S/C89H57BN6/c91-58-66-43-45-72(56-76(66)89-92-80(63-33-15-5-16-34-63)57-81(93-89)64-35-17-6-18-36-64)94-82-40-22-19-37-75(82)77-53-65(44-46-83(77)94)71-54-86-88-87(55-71)96(74-51-69(61-29-11-3-12-30-61)48-70(52-74)62-31-13-4-14-32-62)85-42-24-21-39-79(85)90(88)78-38-20-23-41-84(78)95(86)73-49-67(59-25-7-1-8-26-59)47-68(50-73)60-27-9-2-10-28-60/h1-57H. The molecular formula is C89H57BN6. The zero-order valence-corrected chi connectivity index (χ0v) is 52.2. The molecule has 16 aromatic rings. The van der Waals surface area contributed by atoms with E-state index in [9.17, 15) is 5.26 Å². The van der Waals surface area contributed by atoms with Gasteiger partial charge in [0.05, 0.1) is 34.1 Å². The van der Waals surface area contributed by atoms with Gasteiger partial charge in [-0.25, -0.2) is 9.97 Å². The maximum absolute atomic E-state index is 10.9. The molecule has 2 aromatic heterocycles. The topological polar surface area (TPSA) is 61.0 Å². The number of benzene rings is 14. The number of nitriles is 1. The number of rotatable bonds is 11. The lowest BCUT2D eigenvalue weighted by molar-refractivity contribution is 1.15. The molecule has 0 fully saturated rings. The van der Waals surface area contributed by atoms with Crippen molar-refractivity contribution in [3.63, 3.8) is 0 Å². The lowest BCUT2D eigenvalue weighted by Gasteiger charge is -2.44. The van der Waals surface area contributed by atoms with Crippen molar-refractivity contribution < 1.29 is 0 Å². The molecule has 18 rings (SSSR count).